The molecule has 0 radical (unpaired) electrons. The van der Waals surface area contributed by atoms with E-state index in [1.807, 2.05) is 31.2 Å². The highest BCUT2D eigenvalue weighted by molar-refractivity contribution is 5.63. The van der Waals surface area contributed by atoms with Gasteiger partial charge in [-0.15, -0.1) is 0 Å². The van der Waals surface area contributed by atoms with Crippen molar-refractivity contribution in [3.05, 3.63) is 53.1 Å². The second-order valence-electron chi connectivity index (χ2n) is 4.36. The van der Waals surface area contributed by atoms with Crippen molar-refractivity contribution in [2.45, 2.75) is 13.5 Å². The number of ether oxygens (including phenoxy) is 2. The first-order valence-corrected chi connectivity index (χ1v) is 6.21. The standard InChI is InChI=1S/C16H16N2O2/c1-11-14(8-7-12(9-17)16(11)18)20-10-13-5-3-4-6-15(13)19-2/h3-8H,10,18H2,1-2H3. The van der Waals surface area contributed by atoms with Crippen molar-refractivity contribution < 1.29 is 9.47 Å². The van der Waals surface area contributed by atoms with Crippen molar-refractivity contribution in [1.82, 2.24) is 0 Å². The Morgan fingerprint density at radius 1 is 1.15 bits per heavy atom. The number of methoxy groups -OCH3 is 1. The molecule has 2 aromatic rings. The highest BCUT2D eigenvalue weighted by atomic mass is 16.5. The van der Waals surface area contributed by atoms with Crippen molar-refractivity contribution in [3.8, 4) is 17.6 Å². The third kappa shape index (κ3) is 2.67. The van der Waals surface area contributed by atoms with Gasteiger partial charge in [0.1, 0.15) is 24.2 Å². The van der Waals surface area contributed by atoms with Crippen LogP contribution >= 0.6 is 0 Å². The van der Waals surface area contributed by atoms with Crippen LogP contribution in [0.4, 0.5) is 5.69 Å². The predicted molar refractivity (Wildman–Crippen MR) is 77.6 cm³/mol. The maximum atomic E-state index is 8.92. The summed E-state index contributed by atoms with van der Waals surface area (Å²) in [4.78, 5) is 0. The normalized spacial score (nSPS) is 9.85. The number of nitrogen functional groups attached to an aromatic ring is 1. The maximum Gasteiger partial charge on any atom is 0.125 e. The largest absolute Gasteiger partial charge is 0.496 e. The third-order valence-electron chi connectivity index (χ3n) is 3.16. The molecule has 4 heteroatoms. The average molecular weight is 268 g/mol. The van der Waals surface area contributed by atoms with Gasteiger partial charge in [0.05, 0.1) is 18.4 Å². The van der Waals surface area contributed by atoms with E-state index in [0.29, 0.717) is 23.6 Å². The Labute approximate surface area is 118 Å². The van der Waals surface area contributed by atoms with E-state index in [1.165, 1.54) is 0 Å². The van der Waals surface area contributed by atoms with E-state index in [0.717, 1.165) is 16.9 Å². The molecule has 0 heterocycles. The van der Waals surface area contributed by atoms with Gasteiger partial charge in [-0.05, 0) is 25.1 Å². The summed E-state index contributed by atoms with van der Waals surface area (Å²) in [6.07, 6.45) is 0. The van der Waals surface area contributed by atoms with Crippen LogP contribution in [0.2, 0.25) is 0 Å². The van der Waals surface area contributed by atoms with Gasteiger partial charge >= 0.3 is 0 Å². The summed E-state index contributed by atoms with van der Waals surface area (Å²) in [7, 11) is 1.63. The lowest BCUT2D eigenvalue weighted by molar-refractivity contribution is 0.295. The number of benzene rings is 2. The molecule has 0 aliphatic rings. The van der Waals surface area contributed by atoms with E-state index in [-0.39, 0.29) is 0 Å². The number of hydrogen-bond acceptors (Lipinski definition) is 4. The Morgan fingerprint density at radius 2 is 1.90 bits per heavy atom. The van der Waals surface area contributed by atoms with Crippen LogP contribution in [0.3, 0.4) is 0 Å². The Morgan fingerprint density at radius 3 is 2.60 bits per heavy atom. The molecule has 2 aromatic carbocycles. The zero-order valence-electron chi connectivity index (χ0n) is 11.5. The number of anilines is 1. The van der Waals surface area contributed by atoms with Crippen LogP contribution in [0.25, 0.3) is 0 Å². The zero-order valence-corrected chi connectivity index (χ0v) is 11.5. The highest BCUT2D eigenvalue weighted by Gasteiger charge is 2.09. The molecule has 0 saturated carbocycles. The summed E-state index contributed by atoms with van der Waals surface area (Å²) < 4.78 is 11.1. The molecule has 0 spiro atoms. The van der Waals surface area contributed by atoms with Gasteiger partial charge in [-0.3, -0.25) is 0 Å². The lowest BCUT2D eigenvalue weighted by Crippen LogP contribution is -2.02. The molecule has 0 bridgehead atoms. The van der Waals surface area contributed by atoms with Crippen LogP contribution in [0.1, 0.15) is 16.7 Å². The smallest absolute Gasteiger partial charge is 0.125 e. The molecule has 4 nitrogen and oxygen atoms in total. The molecule has 0 saturated heterocycles. The topological polar surface area (TPSA) is 68.3 Å². The summed E-state index contributed by atoms with van der Waals surface area (Å²) in [5.74, 6) is 1.46. The Kier molecular flexibility index (Phi) is 4.11. The van der Waals surface area contributed by atoms with Crippen LogP contribution in [-0.2, 0) is 6.61 Å². The number of nitrogens with zero attached hydrogens (tertiary/aromatic N) is 1. The van der Waals surface area contributed by atoms with E-state index >= 15 is 0 Å². The van der Waals surface area contributed by atoms with Gasteiger partial charge in [-0.25, -0.2) is 0 Å². The van der Waals surface area contributed by atoms with Crippen LogP contribution in [-0.4, -0.2) is 7.11 Å². The highest BCUT2D eigenvalue weighted by Crippen LogP contribution is 2.28. The second-order valence-corrected chi connectivity index (χ2v) is 4.36. The van der Waals surface area contributed by atoms with Gasteiger partial charge in [-0.1, -0.05) is 18.2 Å². The third-order valence-corrected chi connectivity index (χ3v) is 3.16. The van der Waals surface area contributed by atoms with Crippen LogP contribution in [0, 0.1) is 18.3 Å². The van der Waals surface area contributed by atoms with Crippen molar-refractivity contribution in [3.63, 3.8) is 0 Å². The molecule has 0 atom stereocenters. The molecular formula is C16H16N2O2. The number of nitrogens with two attached hydrogens (primary N) is 1. The lowest BCUT2D eigenvalue weighted by Gasteiger charge is -2.13. The quantitative estimate of drug-likeness (QED) is 0.865. The van der Waals surface area contributed by atoms with E-state index < -0.39 is 0 Å². The Hall–Kier alpha value is -2.67. The van der Waals surface area contributed by atoms with E-state index in [4.69, 9.17) is 20.5 Å². The zero-order chi connectivity index (χ0) is 14.5. The van der Waals surface area contributed by atoms with Crippen molar-refractivity contribution in [2.75, 3.05) is 12.8 Å². The number of rotatable bonds is 4. The average Bonchev–Trinajstić information content (AvgIpc) is 2.49. The fraction of sp³-hybridized carbons (Fsp3) is 0.188. The van der Waals surface area contributed by atoms with Gasteiger partial charge in [0.2, 0.25) is 0 Å². The van der Waals surface area contributed by atoms with Gasteiger partial charge in [0.15, 0.2) is 0 Å². The van der Waals surface area contributed by atoms with Crippen LogP contribution in [0.15, 0.2) is 36.4 Å². The molecular weight excluding hydrogens is 252 g/mol. The molecule has 0 fully saturated rings. The fourth-order valence-electron chi connectivity index (χ4n) is 1.94. The minimum atomic E-state index is 0.385. The second kappa shape index (κ2) is 5.98. The van der Waals surface area contributed by atoms with E-state index in [9.17, 15) is 0 Å². The van der Waals surface area contributed by atoms with E-state index in [2.05, 4.69) is 6.07 Å². The summed E-state index contributed by atoms with van der Waals surface area (Å²) in [6, 6.07) is 13.2. The number of hydrogen-bond donors (Lipinski definition) is 1. The molecule has 0 amide bonds. The molecule has 102 valence electrons. The molecule has 2 N–H and O–H groups in total. The monoisotopic (exact) mass is 268 g/mol. The van der Waals surface area contributed by atoms with Gasteiger partial charge < -0.3 is 15.2 Å². The SMILES string of the molecule is COc1ccccc1COc1ccc(C#N)c(N)c1C. The summed E-state index contributed by atoms with van der Waals surface area (Å²) in [5.41, 5.74) is 8.55. The Balaban J connectivity index is 2.20. The number of para-hydroxylation sites is 1. The lowest BCUT2D eigenvalue weighted by atomic mass is 10.1. The molecule has 2 rings (SSSR count). The molecule has 0 aliphatic heterocycles. The maximum absolute atomic E-state index is 8.92. The van der Waals surface area contributed by atoms with Crippen LogP contribution in [0.5, 0.6) is 11.5 Å². The van der Waals surface area contributed by atoms with E-state index in [1.54, 1.807) is 19.2 Å². The molecule has 0 unspecified atom stereocenters. The first-order chi connectivity index (χ1) is 9.67. The summed E-state index contributed by atoms with van der Waals surface area (Å²) in [6.45, 7) is 2.23. The summed E-state index contributed by atoms with van der Waals surface area (Å²) >= 11 is 0. The van der Waals surface area contributed by atoms with Crippen molar-refractivity contribution >= 4 is 5.69 Å². The van der Waals surface area contributed by atoms with Crippen molar-refractivity contribution in [1.29, 1.82) is 5.26 Å². The fourth-order valence-corrected chi connectivity index (χ4v) is 1.94. The first kappa shape index (κ1) is 13.8. The van der Waals surface area contributed by atoms with Crippen LogP contribution < -0.4 is 15.2 Å². The predicted octanol–water partition coefficient (Wildman–Crippen LogP) is 3.04. The number of nitriles is 1. The first-order valence-electron chi connectivity index (χ1n) is 6.21. The minimum absolute atomic E-state index is 0.385. The van der Waals surface area contributed by atoms with Crippen molar-refractivity contribution in [2.24, 2.45) is 0 Å². The molecule has 0 aliphatic carbocycles. The van der Waals surface area contributed by atoms with Gasteiger partial charge in [-0.2, -0.15) is 5.26 Å². The summed E-state index contributed by atoms with van der Waals surface area (Å²) in [5, 5.41) is 8.92. The minimum Gasteiger partial charge on any atom is -0.496 e. The molecule has 0 aromatic heterocycles. The van der Waals surface area contributed by atoms with Gasteiger partial charge in [0, 0.05) is 11.1 Å². The Bertz CT molecular complexity index is 660. The molecule has 20 heavy (non-hydrogen) atoms. The van der Waals surface area contributed by atoms with Gasteiger partial charge in [0.25, 0.3) is 0 Å².